The van der Waals surface area contributed by atoms with Crippen molar-refractivity contribution in [2.24, 2.45) is 5.73 Å². The molecule has 4 nitrogen and oxygen atoms in total. The number of nitrogens with zero attached hydrogens (tertiary/aromatic N) is 1. The molecule has 0 spiro atoms. The van der Waals surface area contributed by atoms with E-state index in [2.05, 4.69) is 30.1 Å². The normalized spacial score (nSPS) is 18.8. The summed E-state index contributed by atoms with van der Waals surface area (Å²) < 4.78 is 0. The van der Waals surface area contributed by atoms with Crippen LogP contribution in [-0.4, -0.2) is 31.6 Å². The minimum atomic E-state index is -0.343. The molecule has 0 aromatic heterocycles. The average Bonchev–Trinajstić information content (AvgIpc) is 2.45. The van der Waals surface area contributed by atoms with Crippen LogP contribution in [-0.2, 0) is 0 Å². The fourth-order valence-corrected chi connectivity index (χ4v) is 2.93. The van der Waals surface area contributed by atoms with Gasteiger partial charge in [-0.1, -0.05) is 13.0 Å². The zero-order valence-corrected chi connectivity index (χ0v) is 12.5. The third kappa shape index (κ3) is 3.31. The zero-order valence-electron chi connectivity index (χ0n) is 12.5. The lowest BCUT2D eigenvalue weighted by molar-refractivity contribution is 0.100. The van der Waals surface area contributed by atoms with Gasteiger partial charge < -0.3 is 16.0 Å². The van der Waals surface area contributed by atoms with Crippen LogP contribution >= 0.6 is 0 Å². The minimum Gasteiger partial charge on any atom is -0.367 e. The van der Waals surface area contributed by atoms with Crippen molar-refractivity contribution in [3.8, 4) is 0 Å². The van der Waals surface area contributed by atoms with Crippen molar-refractivity contribution in [2.75, 3.05) is 24.5 Å². The summed E-state index contributed by atoms with van der Waals surface area (Å²) in [4.78, 5) is 14.1. The summed E-state index contributed by atoms with van der Waals surface area (Å²) in [5, 5.41) is 3.45. The molecule has 0 radical (unpaired) electrons. The van der Waals surface area contributed by atoms with E-state index < -0.39 is 0 Å². The van der Waals surface area contributed by atoms with Gasteiger partial charge in [0.25, 0.3) is 5.91 Å². The van der Waals surface area contributed by atoms with Crippen LogP contribution in [0.1, 0.15) is 42.1 Å². The van der Waals surface area contributed by atoms with Crippen molar-refractivity contribution in [1.82, 2.24) is 5.32 Å². The highest BCUT2D eigenvalue weighted by Crippen LogP contribution is 2.26. The molecule has 0 saturated carbocycles. The van der Waals surface area contributed by atoms with Gasteiger partial charge in [0.15, 0.2) is 0 Å². The summed E-state index contributed by atoms with van der Waals surface area (Å²) in [6, 6.07) is 6.34. The number of anilines is 1. The van der Waals surface area contributed by atoms with Crippen LogP contribution in [0.2, 0.25) is 0 Å². The number of carbonyl (C=O) groups excluding carboxylic acids is 1. The second kappa shape index (κ2) is 6.75. The van der Waals surface area contributed by atoms with Crippen LogP contribution in [0, 0.1) is 6.92 Å². The highest BCUT2D eigenvalue weighted by Gasteiger charge is 2.23. The standard InChI is InChI=1S/C16H25N3O/c1-3-9-19(13-5-4-8-18-11-13)15-10-12(2)6-7-14(15)16(17)20/h6-7,10,13,18H,3-5,8-9,11H2,1-2H3,(H2,17,20). The monoisotopic (exact) mass is 275 g/mol. The summed E-state index contributed by atoms with van der Waals surface area (Å²) in [5.74, 6) is -0.343. The van der Waals surface area contributed by atoms with Crippen LogP contribution < -0.4 is 16.0 Å². The first-order valence-electron chi connectivity index (χ1n) is 7.51. The molecule has 4 heteroatoms. The van der Waals surface area contributed by atoms with Crippen LogP contribution in [0.4, 0.5) is 5.69 Å². The molecule has 0 aliphatic carbocycles. The quantitative estimate of drug-likeness (QED) is 0.865. The van der Waals surface area contributed by atoms with Gasteiger partial charge >= 0.3 is 0 Å². The summed E-state index contributed by atoms with van der Waals surface area (Å²) in [7, 11) is 0. The molecular weight excluding hydrogens is 250 g/mol. The van der Waals surface area contributed by atoms with Gasteiger partial charge in [-0.2, -0.15) is 0 Å². The third-order valence-electron chi connectivity index (χ3n) is 3.90. The number of aryl methyl sites for hydroxylation is 1. The number of hydrogen-bond donors (Lipinski definition) is 2. The molecule has 1 atom stereocenters. The van der Waals surface area contributed by atoms with Gasteiger partial charge in [0.05, 0.1) is 11.3 Å². The van der Waals surface area contributed by atoms with Gasteiger partial charge in [-0.3, -0.25) is 4.79 Å². The van der Waals surface area contributed by atoms with E-state index in [0.717, 1.165) is 37.3 Å². The lowest BCUT2D eigenvalue weighted by atomic mass is 10.0. The second-order valence-corrected chi connectivity index (χ2v) is 5.58. The topological polar surface area (TPSA) is 58.4 Å². The molecule has 0 bridgehead atoms. The molecule has 1 aromatic carbocycles. The molecule has 1 aliphatic heterocycles. The summed E-state index contributed by atoms with van der Waals surface area (Å²) >= 11 is 0. The van der Waals surface area contributed by atoms with Crippen LogP contribution in [0.25, 0.3) is 0 Å². The van der Waals surface area contributed by atoms with E-state index in [0.29, 0.717) is 11.6 Å². The second-order valence-electron chi connectivity index (χ2n) is 5.58. The Morgan fingerprint density at radius 2 is 2.30 bits per heavy atom. The molecule has 1 heterocycles. The first-order valence-corrected chi connectivity index (χ1v) is 7.51. The molecule has 110 valence electrons. The summed E-state index contributed by atoms with van der Waals surface area (Å²) in [5.41, 5.74) is 8.34. The number of piperidine rings is 1. The fraction of sp³-hybridized carbons (Fsp3) is 0.562. The predicted octanol–water partition coefficient (Wildman–Crippen LogP) is 2.06. The van der Waals surface area contributed by atoms with Crippen LogP contribution in [0.5, 0.6) is 0 Å². The van der Waals surface area contributed by atoms with Crippen molar-refractivity contribution in [3.05, 3.63) is 29.3 Å². The average molecular weight is 275 g/mol. The number of rotatable bonds is 5. The SMILES string of the molecule is CCCN(c1cc(C)ccc1C(N)=O)C1CCCNC1. The van der Waals surface area contributed by atoms with Crippen LogP contribution in [0.15, 0.2) is 18.2 Å². The zero-order chi connectivity index (χ0) is 14.5. The molecule has 1 unspecified atom stereocenters. The Bertz CT molecular complexity index is 467. The van der Waals surface area contributed by atoms with Gasteiger partial charge in [-0.25, -0.2) is 0 Å². The Hall–Kier alpha value is -1.55. The molecule has 1 aliphatic rings. The number of amides is 1. The Kier molecular flexibility index (Phi) is 5.01. The Morgan fingerprint density at radius 1 is 1.50 bits per heavy atom. The number of nitrogens with one attached hydrogen (secondary N) is 1. The van der Waals surface area contributed by atoms with E-state index in [1.807, 2.05) is 12.1 Å². The molecule has 20 heavy (non-hydrogen) atoms. The molecule has 1 amide bonds. The maximum Gasteiger partial charge on any atom is 0.250 e. The Morgan fingerprint density at radius 3 is 2.90 bits per heavy atom. The first kappa shape index (κ1) is 14.9. The van der Waals surface area contributed by atoms with E-state index in [1.54, 1.807) is 0 Å². The lowest BCUT2D eigenvalue weighted by Gasteiger charge is -2.37. The lowest BCUT2D eigenvalue weighted by Crippen LogP contribution is -2.47. The number of benzene rings is 1. The fourth-order valence-electron chi connectivity index (χ4n) is 2.93. The first-order chi connectivity index (χ1) is 9.63. The van der Waals surface area contributed by atoms with Gasteiger partial charge in [-0.15, -0.1) is 0 Å². The Labute approximate surface area is 121 Å². The molecular formula is C16H25N3O. The number of primary amides is 1. The maximum atomic E-state index is 11.7. The molecule has 3 N–H and O–H groups in total. The molecule has 1 saturated heterocycles. The van der Waals surface area contributed by atoms with E-state index in [9.17, 15) is 4.79 Å². The largest absolute Gasteiger partial charge is 0.367 e. The van der Waals surface area contributed by atoms with Gasteiger partial charge in [0.2, 0.25) is 0 Å². The van der Waals surface area contributed by atoms with E-state index >= 15 is 0 Å². The smallest absolute Gasteiger partial charge is 0.250 e. The molecule has 1 fully saturated rings. The summed E-state index contributed by atoms with van der Waals surface area (Å²) in [6.07, 6.45) is 3.41. The van der Waals surface area contributed by atoms with Gasteiger partial charge in [0.1, 0.15) is 0 Å². The number of nitrogens with two attached hydrogens (primary N) is 1. The number of carbonyl (C=O) groups is 1. The Balaban J connectivity index is 2.36. The van der Waals surface area contributed by atoms with Crippen molar-refractivity contribution in [2.45, 2.75) is 39.2 Å². The number of hydrogen-bond acceptors (Lipinski definition) is 3. The van der Waals surface area contributed by atoms with E-state index in [1.165, 1.54) is 12.8 Å². The highest BCUT2D eigenvalue weighted by atomic mass is 16.1. The van der Waals surface area contributed by atoms with E-state index in [-0.39, 0.29) is 5.91 Å². The van der Waals surface area contributed by atoms with Crippen molar-refractivity contribution >= 4 is 11.6 Å². The van der Waals surface area contributed by atoms with E-state index in [4.69, 9.17) is 5.73 Å². The highest BCUT2D eigenvalue weighted by molar-refractivity contribution is 5.98. The predicted molar refractivity (Wildman–Crippen MR) is 83.2 cm³/mol. The molecule has 2 rings (SSSR count). The van der Waals surface area contributed by atoms with Gasteiger partial charge in [0, 0.05) is 19.1 Å². The minimum absolute atomic E-state index is 0.343. The van der Waals surface area contributed by atoms with Crippen LogP contribution in [0.3, 0.4) is 0 Å². The van der Waals surface area contributed by atoms with Crippen molar-refractivity contribution in [1.29, 1.82) is 0 Å². The molecule has 1 aromatic rings. The van der Waals surface area contributed by atoms with Gasteiger partial charge in [-0.05, 0) is 50.4 Å². The summed E-state index contributed by atoms with van der Waals surface area (Å²) in [6.45, 7) is 7.25. The van der Waals surface area contributed by atoms with Crippen molar-refractivity contribution < 1.29 is 4.79 Å². The van der Waals surface area contributed by atoms with Crippen molar-refractivity contribution in [3.63, 3.8) is 0 Å². The third-order valence-corrected chi connectivity index (χ3v) is 3.90. The maximum absolute atomic E-state index is 11.7.